The van der Waals surface area contributed by atoms with Gasteiger partial charge in [0.05, 0.1) is 10.6 Å². The number of nitrogens with one attached hydrogen (secondary N) is 2. The molecule has 9 nitrogen and oxygen atoms in total. The number of H-pyrrole nitrogens is 1. The standard InChI is InChI=1S/C25H29N5O4/c1-18(26-24(31)20-12-9-14-22(16-20)30(33)34)25(32)29(2)15-8-4-7-13-21-17-23(28-27-21)19-10-5-3-6-11-19/h3,5-6,9-12,14,16-18H,4,7-8,13,15H2,1-2H3,(H,26,31)(H,27,28). The Hall–Kier alpha value is -4.01. The predicted octanol–water partition coefficient (Wildman–Crippen LogP) is 3.97. The van der Waals surface area contributed by atoms with E-state index >= 15 is 0 Å². The van der Waals surface area contributed by atoms with E-state index in [1.807, 2.05) is 30.3 Å². The zero-order valence-electron chi connectivity index (χ0n) is 19.4. The van der Waals surface area contributed by atoms with Crippen LogP contribution in [0.4, 0.5) is 5.69 Å². The molecule has 2 N–H and O–H groups in total. The van der Waals surface area contributed by atoms with Crippen LogP contribution in [0.1, 0.15) is 42.2 Å². The van der Waals surface area contributed by atoms with Crippen LogP contribution in [0.5, 0.6) is 0 Å². The molecule has 0 aliphatic rings. The summed E-state index contributed by atoms with van der Waals surface area (Å²) in [6.07, 6.45) is 3.64. The molecule has 0 spiro atoms. The average Bonchev–Trinajstić information content (AvgIpc) is 3.32. The van der Waals surface area contributed by atoms with Gasteiger partial charge < -0.3 is 10.2 Å². The molecular formula is C25H29N5O4. The summed E-state index contributed by atoms with van der Waals surface area (Å²) >= 11 is 0. The summed E-state index contributed by atoms with van der Waals surface area (Å²) in [5.74, 6) is -0.729. The second-order valence-electron chi connectivity index (χ2n) is 8.22. The Balaban J connectivity index is 1.38. The molecule has 9 heteroatoms. The zero-order chi connectivity index (χ0) is 24.5. The largest absolute Gasteiger partial charge is 0.344 e. The summed E-state index contributed by atoms with van der Waals surface area (Å²) in [7, 11) is 1.71. The van der Waals surface area contributed by atoms with Crippen molar-refractivity contribution in [2.24, 2.45) is 0 Å². The van der Waals surface area contributed by atoms with Crippen LogP contribution in [0, 0.1) is 10.1 Å². The topological polar surface area (TPSA) is 121 Å². The highest BCUT2D eigenvalue weighted by Gasteiger charge is 2.21. The first-order valence-electron chi connectivity index (χ1n) is 11.2. The molecule has 3 rings (SSSR count). The molecule has 34 heavy (non-hydrogen) atoms. The van der Waals surface area contributed by atoms with Crippen LogP contribution in [0.15, 0.2) is 60.7 Å². The maximum absolute atomic E-state index is 12.6. The zero-order valence-corrected chi connectivity index (χ0v) is 19.4. The number of non-ortho nitro benzene ring substituents is 1. The fraction of sp³-hybridized carbons (Fsp3) is 0.320. The number of aromatic amines is 1. The van der Waals surface area contributed by atoms with E-state index in [1.54, 1.807) is 18.9 Å². The molecule has 1 atom stereocenters. The van der Waals surface area contributed by atoms with Crippen molar-refractivity contribution in [2.75, 3.05) is 13.6 Å². The van der Waals surface area contributed by atoms with E-state index in [0.29, 0.717) is 6.54 Å². The summed E-state index contributed by atoms with van der Waals surface area (Å²) in [6.45, 7) is 2.19. The third-order valence-corrected chi connectivity index (χ3v) is 5.55. The number of nitrogens with zero attached hydrogens (tertiary/aromatic N) is 3. The van der Waals surface area contributed by atoms with Crippen LogP contribution in [0.3, 0.4) is 0 Å². The molecule has 0 aliphatic carbocycles. The van der Waals surface area contributed by atoms with E-state index in [0.717, 1.165) is 42.6 Å². The van der Waals surface area contributed by atoms with Crippen molar-refractivity contribution in [3.63, 3.8) is 0 Å². The quantitative estimate of drug-likeness (QED) is 0.253. The maximum atomic E-state index is 12.6. The molecule has 1 aromatic heterocycles. The first-order chi connectivity index (χ1) is 16.3. The molecule has 178 valence electrons. The number of benzene rings is 2. The van der Waals surface area contributed by atoms with Gasteiger partial charge in [0.2, 0.25) is 5.91 Å². The Labute approximate surface area is 198 Å². The van der Waals surface area contributed by atoms with E-state index in [1.165, 1.54) is 24.3 Å². The number of aryl methyl sites for hydroxylation is 1. The van der Waals surface area contributed by atoms with Gasteiger partial charge in [-0.2, -0.15) is 5.10 Å². The number of rotatable bonds is 11. The number of nitro benzene ring substituents is 1. The van der Waals surface area contributed by atoms with Crippen molar-refractivity contribution in [3.8, 4) is 11.3 Å². The Morgan fingerprint density at radius 1 is 1.09 bits per heavy atom. The fourth-order valence-corrected chi connectivity index (χ4v) is 3.63. The van der Waals surface area contributed by atoms with Gasteiger partial charge in [-0.1, -0.05) is 42.8 Å². The molecule has 0 saturated carbocycles. The number of aromatic nitrogens is 2. The van der Waals surface area contributed by atoms with Gasteiger partial charge in [0.1, 0.15) is 6.04 Å². The fourth-order valence-electron chi connectivity index (χ4n) is 3.63. The van der Waals surface area contributed by atoms with Gasteiger partial charge in [-0.3, -0.25) is 24.8 Å². The van der Waals surface area contributed by atoms with Gasteiger partial charge in [-0.05, 0) is 38.3 Å². The lowest BCUT2D eigenvalue weighted by atomic mass is 10.1. The first kappa shape index (κ1) is 24.6. The molecule has 2 aromatic carbocycles. The summed E-state index contributed by atoms with van der Waals surface area (Å²) in [4.78, 5) is 36.9. The van der Waals surface area contributed by atoms with Crippen molar-refractivity contribution >= 4 is 17.5 Å². The average molecular weight is 464 g/mol. The van der Waals surface area contributed by atoms with Crippen LogP contribution in [0.25, 0.3) is 11.3 Å². The number of carbonyl (C=O) groups excluding carboxylic acids is 2. The Morgan fingerprint density at radius 2 is 1.85 bits per heavy atom. The van der Waals surface area contributed by atoms with Crippen molar-refractivity contribution < 1.29 is 14.5 Å². The van der Waals surface area contributed by atoms with Crippen LogP contribution in [-0.2, 0) is 11.2 Å². The van der Waals surface area contributed by atoms with E-state index < -0.39 is 16.9 Å². The highest BCUT2D eigenvalue weighted by molar-refractivity contribution is 5.97. The van der Waals surface area contributed by atoms with Gasteiger partial charge in [0.15, 0.2) is 0 Å². The van der Waals surface area contributed by atoms with E-state index in [-0.39, 0.29) is 17.2 Å². The maximum Gasteiger partial charge on any atom is 0.270 e. The SMILES string of the molecule is CC(NC(=O)c1cccc([N+](=O)[O-])c1)C(=O)N(C)CCCCCc1cc(-c2ccccc2)n[nH]1. The molecule has 1 unspecified atom stereocenters. The minimum absolute atomic E-state index is 0.144. The number of unbranched alkanes of at least 4 members (excludes halogenated alkanes) is 2. The molecule has 0 aliphatic heterocycles. The van der Waals surface area contributed by atoms with Crippen molar-refractivity contribution in [1.29, 1.82) is 0 Å². The lowest BCUT2D eigenvalue weighted by Crippen LogP contribution is -2.45. The van der Waals surface area contributed by atoms with Gasteiger partial charge in [0.25, 0.3) is 11.6 Å². The Kier molecular flexibility index (Phi) is 8.50. The Bertz CT molecular complexity index is 1130. The molecule has 1 heterocycles. The molecular weight excluding hydrogens is 434 g/mol. The number of likely N-dealkylation sites (N-methyl/N-ethyl adjacent to an activating group) is 1. The number of hydrogen-bond acceptors (Lipinski definition) is 5. The highest BCUT2D eigenvalue weighted by atomic mass is 16.6. The number of carbonyl (C=O) groups is 2. The number of nitro groups is 1. The second-order valence-corrected chi connectivity index (χ2v) is 8.22. The molecule has 3 aromatic rings. The molecule has 0 bridgehead atoms. The first-order valence-corrected chi connectivity index (χ1v) is 11.2. The second kappa shape index (κ2) is 11.7. The molecule has 0 radical (unpaired) electrons. The van der Waals surface area contributed by atoms with Gasteiger partial charge in [0, 0.05) is 42.5 Å². The van der Waals surface area contributed by atoms with Crippen LogP contribution < -0.4 is 5.32 Å². The van der Waals surface area contributed by atoms with Gasteiger partial charge in [-0.15, -0.1) is 0 Å². The summed E-state index contributed by atoms with van der Waals surface area (Å²) < 4.78 is 0. The monoisotopic (exact) mass is 463 g/mol. The summed E-state index contributed by atoms with van der Waals surface area (Å²) in [5, 5.41) is 21.0. The summed E-state index contributed by atoms with van der Waals surface area (Å²) in [6, 6.07) is 16.8. The minimum atomic E-state index is -0.738. The van der Waals surface area contributed by atoms with Crippen LogP contribution in [-0.4, -0.2) is 51.5 Å². The predicted molar refractivity (Wildman–Crippen MR) is 129 cm³/mol. The van der Waals surface area contributed by atoms with E-state index in [2.05, 4.69) is 21.6 Å². The van der Waals surface area contributed by atoms with Crippen molar-refractivity contribution in [3.05, 3.63) is 82.0 Å². The van der Waals surface area contributed by atoms with Crippen molar-refractivity contribution in [2.45, 2.75) is 38.6 Å². The minimum Gasteiger partial charge on any atom is -0.344 e. The van der Waals surface area contributed by atoms with Crippen molar-refractivity contribution in [1.82, 2.24) is 20.4 Å². The number of amides is 2. The van der Waals surface area contributed by atoms with Crippen LogP contribution >= 0.6 is 0 Å². The molecule has 0 fully saturated rings. The normalized spacial score (nSPS) is 11.6. The lowest BCUT2D eigenvalue weighted by Gasteiger charge is -2.22. The van der Waals surface area contributed by atoms with E-state index in [4.69, 9.17) is 0 Å². The van der Waals surface area contributed by atoms with Gasteiger partial charge >= 0.3 is 0 Å². The third-order valence-electron chi connectivity index (χ3n) is 5.55. The Morgan fingerprint density at radius 3 is 2.59 bits per heavy atom. The summed E-state index contributed by atoms with van der Waals surface area (Å²) in [5.41, 5.74) is 3.07. The molecule has 2 amide bonds. The van der Waals surface area contributed by atoms with E-state index in [9.17, 15) is 19.7 Å². The number of hydrogen-bond donors (Lipinski definition) is 2. The third kappa shape index (κ3) is 6.74. The highest BCUT2D eigenvalue weighted by Crippen LogP contribution is 2.18. The van der Waals surface area contributed by atoms with Crippen LogP contribution in [0.2, 0.25) is 0 Å². The smallest absolute Gasteiger partial charge is 0.270 e. The van der Waals surface area contributed by atoms with Gasteiger partial charge in [-0.25, -0.2) is 0 Å². The molecule has 0 saturated heterocycles. The lowest BCUT2D eigenvalue weighted by molar-refractivity contribution is -0.384.